The van der Waals surface area contributed by atoms with Crippen LogP contribution in [0.1, 0.15) is 0 Å². The topological polar surface area (TPSA) is 71.4 Å². The lowest BCUT2D eigenvalue weighted by atomic mass is 9.79. The van der Waals surface area contributed by atoms with E-state index in [2.05, 4.69) is 4.90 Å². The molecule has 0 aromatic heterocycles. The van der Waals surface area contributed by atoms with E-state index in [0.29, 0.717) is 23.6 Å². The van der Waals surface area contributed by atoms with Gasteiger partial charge in [0.2, 0.25) is 0 Å². The zero-order chi connectivity index (χ0) is 14.4. The predicted molar refractivity (Wildman–Crippen MR) is 75.6 cm³/mol. The van der Waals surface area contributed by atoms with Crippen LogP contribution < -0.4 is 14.9 Å². The molecule has 0 saturated carbocycles. The first-order valence-electron chi connectivity index (χ1n) is 6.67. The summed E-state index contributed by atoms with van der Waals surface area (Å²) in [6.07, 6.45) is 0. The Kier molecular flexibility index (Phi) is 5.66. The van der Waals surface area contributed by atoms with Gasteiger partial charge in [-0.1, -0.05) is 0 Å². The first-order chi connectivity index (χ1) is 9.70. The van der Waals surface area contributed by atoms with Gasteiger partial charge in [-0.25, -0.2) is 0 Å². The van der Waals surface area contributed by atoms with Crippen LogP contribution in [0.5, 0.6) is 11.5 Å². The zero-order valence-corrected chi connectivity index (χ0v) is 11.6. The molecule has 1 fully saturated rings. The van der Waals surface area contributed by atoms with E-state index in [1.54, 1.807) is 18.2 Å². The van der Waals surface area contributed by atoms with Gasteiger partial charge in [-0.05, 0) is 18.2 Å². The van der Waals surface area contributed by atoms with Crippen LogP contribution >= 0.6 is 0 Å². The molecule has 0 bridgehead atoms. The van der Waals surface area contributed by atoms with Gasteiger partial charge in [-0.15, -0.1) is 0 Å². The lowest BCUT2D eigenvalue weighted by Gasteiger charge is -2.26. The number of hydrogen-bond acceptors (Lipinski definition) is 6. The van der Waals surface area contributed by atoms with Crippen molar-refractivity contribution < 1.29 is 24.3 Å². The van der Waals surface area contributed by atoms with Gasteiger partial charge in [0.25, 0.3) is 0 Å². The molecular formula is C13H20BNO5. The normalized spacial score (nSPS) is 15.9. The average Bonchev–Trinajstić information content (AvgIpc) is 2.48. The Labute approximate surface area is 119 Å². The van der Waals surface area contributed by atoms with Gasteiger partial charge in [-0.3, -0.25) is 4.90 Å². The van der Waals surface area contributed by atoms with Crippen molar-refractivity contribution in [1.82, 2.24) is 4.90 Å². The summed E-state index contributed by atoms with van der Waals surface area (Å²) in [5.41, 5.74) is 0.311. The van der Waals surface area contributed by atoms with Gasteiger partial charge in [0.15, 0.2) is 0 Å². The second-order valence-corrected chi connectivity index (χ2v) is 4.58. The quantitative estimate of drug-likeness (QED) is 0.658. The van der Waals surface area contributed by atoms with Gasteiger partial charge in [0.1, 0.15) is 18.1 Å². The molecule has 0 spiro atoms. The average molecular weight is 281 g/mol. The predicted octanol–water partition coefficient (Wildman–Crippen LogP) is -0.914. The molecule has 110 valence electrons. The van der Waals surface area contributed by atoms with Gasteiger partial charge < -0.3 is 24.3 Å². The van der Waals surface area contributed by atoms with Crippen molar-refractivity contribution in [3.8, 4) is 11.5 Å². The minimum Gasteiger partial charge on any atom is -0.497 e. The maximum atomic E-state index is 9.37. The molecule has 20 heavy (non-hydrogen) atoms. The van der Waals surface area contributed by atoms with Crippen molar-refractivity contribution >= 4 is 12.6 Å². The van der Waals surface area contributed by atoms with E-state index < -0.39 is 7.12 Å². The summed E-state index contributed by atoms with van der Waals surface area (Å²) in [7, 11) is -0.0505. The minimum absolute atomic E-state index is 0.311. The molecule has 0 unspecified atom stereocenters. The summed E-state index contributed by atoms with van der Waals surface area (Å²) >= 11 is 0. The number of hydrogen-bond donors (Lipinski definition) is 2. The van der Waals surface area contributed by atoms with E-state index >= 15 is 0 Å². The van der Waals surface area contributed by atoms with Crippen molar-refractivity contribution in [2.75, 3.05) is 46.6 Å². The summed E-state index contributed by atoms with van der Waals surface area (Å²) < 4.78 is 16.0. The van der Waals surface area contributed by atoms with Crippen LogP contribution in [-0.4, -0.2) is 68.6 Å². The Morgan fingerprint density at radius 1 is 1.30 bits per heavy atom. The summed E-state index contributed by atoms with van der Waals surface area (Å²) in [6.45, 7) is 4.59. The Morgan fingerprint density at radius 2 is 2.05 bits per heavy atom. The van der Waals surface area contributed by atoms with Crippen LogP contribution in [0.3, 0.4) is 0 Å². The first kappa shape index (κ1) is 15.1. The third-order valence-corrected chi connectivity index (χ3v) is 3.26. The van der Waals surface area contributed by atoms with E-state index in [9.17, 15) is 10.0 Å². The van der Waals surface area contributed by atoms with Gasteiger partial charge in [0, 0.05) is 25.1 Å². The Hall–Kier alpha value is -1.28. The molecule has 2 N–H and O–H groups in total. The molecule has 0 aliphatic carbocycles. The van der Waals surface area contributed by atoms with Crippen molar-refractivity contribution in [1.29, 1.82) is 0 Å². The molecule has 1 aliphatic rings. The second-order valence-electron chi connectivity index (χ2n) is 4.58. The van der Waals surface area contributed by atoms with E-state index in [0.717, 1.165) is 32.8 Å². The van der Waals surface area contributed by atoms with Crippen molar-refractivity contribution in [3.05, 3.63) is 18.2 Å². The zero-order valence-electron chi connectivity index (χ0n) is 11.6. The summed E-state index contributed by atoms with van der Waals surface area (Å²) in [6, 6.07) is 4.98. The SMILES string of the molecule is COc1ccc(OCCN2CCOCC2)c(B(O)O)c1. The van der Waals surface area contributed by atoms with Crippen molar-refractivity contribution in [3.63, 3.8) is 0 Å². The van der Waals surface area contributed by atoms with Crippen molar-refractivity contribution in [2.24, 2.45) is 0 Å². The number of methoxy groups -OCH3 is 1. The third kappa shape index (κ3) is 4.11. The second kappa shape index (κ2) is 7.49. The summed E-state index contributed by atoms with van der Waals surface area (Å²) in [4.78, 5) is 2.25. The smallest absolute Gasteiger partial charge is 0.492 e. The number of ether oxygens (including phenoxy) is 3. The summed E-state index contributed by atoms with van der Waals surface area (Å²) in [5.74, 6) is 1.03. The van der Waals surface area contributed by atoms with Gasteiger partial charge >= 0.3 is 7.12 Å². The summed E-state index contributed by atoms with van der Waals surface area (Å²) in [5, 5.41) is 18.7. The Morgan fingerprint density at radius 3 is 2.70 bits per heavy atom. The highest BCUT2D eigenvalue weighted by atomic mass is 16.5. The van der Waals surface area contributed by atoms with Crippen LogP contribution in [0.25, 0.3) is 0 Å². The molecule has 6 nitrogen and oxygen atoms in total. The number of nitrogens with zero attached hydrogens (tertiary/aromatic N) is 1. The monoisotopic (exact) mass is 281 g/mol. The van der Waals surface area contributed by atoms with Crippen LogP contribution in [0.4, 0.5) is 0 Å². The van der Waals surface area contributed by atoms with Crippen LogP contribution in [-0.2, 0) is 4.74 Å². The maximum absolute atomic E-state index is 9.37. The fourth-order valence-electron chi connectivity index (χ4n) is 2.10. The molecule has 0 atom stereocenters. The highest BCUT2D eigenvalue weighted by molar-refractivity contribution is 6.59. The van der Waals surface area contributed by atoms with Gasteiger partial charge in [-0.2, -0.15) is 0 Å². The van der Waals surface area contributed by atoms with Crippen LogP contribution in [0, 0.1) is 0 Å². The molecule has 0 amide bonds. The van der Waals surface area contributed by atoms with E-state index in [4.69, 9.17) is 14.2 Å². The largest absolute Gasteiger partial charge is 0.497 e. The molecule has 1 aromatic rings. The van der Waals surface area contributed by atoms with E-state index in [1.807, 2.05) is 0 Å². The molecule has 1 aromatic carbocycles. The lowest BCUT2D eigenvalue weighted by Crippen LogP contribution is -2.39. The lowest BCUT2D eigenvalue weighted by molar-refractivity contribution is 0.0323. The van der Waals surface area contributed by atoms with Gasteiger partial charge in [0.05, 0.1) is 20.3 Å². The number of rotatable bonds is 6. The van der Waals surface area contributed by atoms with Crippen LogP contribution in [0.15, 0.2) is 18.2 Å². The molecule has 7 heteroatoms. The molecule has 1 saturated heterocycles. The standard InChI is InChI=1S/C13H20BNO5/c1-18-11-2-3-13(12(10-11)14(16)17)20-9-6-15-4-7-19-8-5-15/h2-3,10,16-17H,4-9H2,1H3. The molecule has 2 rings (SSSR count). The maximum Gasteiger partial charge on any atom is 0.492 e. The molecule has 1 aliphatic heterocycles. The van der Waals surface area contributed by atoms with Crippen LogP contribution in [0.2, 0.25) is 0 Å². The van der Waals surface area contributed by atoms with E-state index in [-0.39, 0.29) is 0 Å². The number of benzene rings is 1. The minimum atomic E-state index is -1.58. The van der Waals surface area contributed by atoms with Crippen molar-refractivity contribution in [2.45, 2.75) is 0 Å². The highest BCUT2D eigenvalue weighted by Crippen LogP contribution is 2.15. The third-order valence-electron chi connectivity index (χ3n) is 3.26. The molecular weight excluding hydrogens is 261 g/mol. The molecule has 0 radical (unpaired) electrons. The number of morpholine rings is 1. The van der Waals surface area contributed by atoms with E-state index in [1.165, 1.54) is 7.11 Å². The first-order valence-corrected chi connectivity index (χ1v) is 6.67. The molecule has 1 heterocycles. The fraction of sp³-hybridized carbons (Fsp3) is 0.538. The highest BCUT2D eigenvalue weighted by Gasteiger charge is 2.18. The fourth-order valence-corrected chi connectivity index (χ4v) is 2.10. The Balaban J connectivity index is 1.91. The Bertz CT molecular complexity index is 423.